The molecular formula is C14H20F3NO2S. The van der Waals surface area contributed by atoms with E-state index in [1.807, 2.05) is 0 Å². The summed E-state index contributed by atoms with van der Waals surface area (Å²) in [5.41, 5.74) is -0.289. The van der Waals surface area contributed by atoms with Gasteiger partial charge in [0.1, 0.15) is 9.84 Å². The van der Waals surface area contributed by atoms with Gasteiger partial charge in [0.2, 0.25) is 0 Å². The number of hydrogen-bond donors (Lipinski definition) is 1. The van der Waals surface area contributed by atoms with Crippen molar-refractivity contribution in [1.82, 2.24) is 5.32 Å². The van der Waals surface area contributed by atoms with Crippen molar-refractivity contribution in [3.05, 3.63) is 35.1 Å². The molecule has 0 aliphatic carbocycles. The highest BCUT2D eigenvalue weighted by Gasteiger charge is 2.23. The Labute approximate surface area is 123 Å². The maximum Gasteiger partial charge on any atom is 0.194 e. The predicted octanol–water partition coefficient (Wildman–Crippen LogP) is 2.97. The summed E-state index contributed by atoms with van der Waals surface area (Å²) in [4.78, 5) is 0. The molecule has 3 nitrogen and oxygen atoms in total. The van der Waals surface area contributed by atoms with E-state index in [4.69, 9.17) is 0 Å². The molecule has 0 bridgehead atoms. The van der Waals surface area contributed by atoms with Gasteiger partial charge in [0.15, 0.2) is 17.5 Å². The van der Waals surface area contributed by atoms with Gasteiger partial charge in [0.25, 0.3) is 0 Å². The van der Waals surface area contributed by atoms with Crippen LogP contribution in [0.15, 0.2) is 12.1 Å². The number of nitrogens with one attached hydrogen (secondary N) is 1. The highest BCUT2D eigenvalue weighted by atomic mass is 32.2. The van der Waals surface area contributed by atoms with Crippen LogP contribution in [0.1, 0.15) is 38.8 Å². The second-order valence-corrected chi connectivity index (χ2v) is 8.19. The highest BCUT2D eigenvalue weighted by Crippen LogP contribution is 2.22. The van der Waals surface area contributed by atoms with Crippen molar-refractivity contribution in [2.45, 2.75) is 38.8 Å². The normalized spacial score (nSPS) is 14.2. The van der Waals surface area contributed by atoms with E-state index >= 15 is 0 Å². The number of hydrogen-bond acceptors (Lipinski definition) is 3. The van der Waals surface area contributed by atoms with E-state index in [0.29, 0.717) is 6.42 Å². The minimum absolute atomic E-state index is 0.00581. The largest absolute Gasteiger partial charge is 0.305 e. The maximum atomic E-state index is 13.2. The smallest absolute Gasteiger partial charge is 0.194 e. The molecular weight excluding hydrogens is 303 g/mol. The van der Waals surface area contributed by atoms with Crippen LogP contribution in [-0.2, 0) is 9.84 Å². The lowest BCUT2D eigenvalue weighted by Gasteiger charge is -2.30. The molecule has 1 aromatic carbocycles. The van der Waals surface area contributed by atoms with Gasteiger partial charge in [-0.3, -0.25) is 0 Å². The molecule has 0 fully saturated rings. The lowest BCUT2D eigenvalue weighted by molar-refractivity contribution is 0.336. The molecule has 0 radical (unpaired) electrons. The topological polar surface area (TPSA) is 46.2 Å². The summed E-state index contributed by atoms with van der Waals surface area (Å²) in [6.07, 6.45) is 1.50. The van der Waals surface area contributed by atoms with Crippen molar-refractivity contribution in [1.29, 1.82) is 0 Å². The maximum absolute atomic E-state index is 13.2. The van der Waals surface area contributed by atoms with Crippen molar-refractivity contribution < 1.29 is 21.6 Å². The lowest BCUT2D eigenvalue weighted by atomic mass is 9.98. The van der Waals surface area contributed by atoms with Crippen LogP contribution < -0.4 is 5.32 Å². The summed E-state index contributed by atoms with van der Waals surface area (Å²) in [5, 5.41) is 3.10. The minimum Gasteiger partial charge on any atom is -0.305 e. The van der Waals surface area contributed by atoms with Gasteiger partial charge in [0, 0.05) is 17.8 Å². The Balaban J connectivity index is 2.82. The van der Waals surface area contributed by atoms with Gasteiger partial charge in [-0.1, -0.05) is 0 Å². The molecule has 0 unspecified atom stereocenters. The number of halogens is 3. The van der Waals surface area contributed by atoms with Crippen molar-refractivity contribution >= 4 is 9.84 Å². The van der Waals surface area contributed by atoms with E-state index in [-0.39, 0.29) is 11.3 Å². The van der Waals surface area contributed by atoms with Crippen LogP contribution in [0.5, 0.6) is 0 Å². The minimum atomic E-state index is -3.09. The van der Waals surface area contributed by atoms with E-state index in [1.165, 1.54) is 0 Å². The zero-order valence-corrected chi connectivity index (χ0v) is 13.3. The van der Waals surface area contributed by atoms with Crippen molar-refractivity contribution in [2.75, 3.05) is 12.0 Å². The van der Waals surface area contributed by atoms with Gasteiger partial charge in [-0.15, -0.1) is 0 Å². The van der Waals surface area contributed by atoms with Gasteiger partial charge in [-0.05, 0) is 44.9 Å². The first kappa shape index (κ1) is 18.0. The van der Waals surface area contributed by atoms with Gasteiger partial charge in [0.05, 0.1) is 5.75 Å². The summed E-state index contributed by atoms with van der Waals surface area (Å²) < 4.78 is 61.7. The van der Waals surface area contributed by atoms with Gasteiger partial charge >= 0.3 is 0 Å². The Hall–Kier alpha value is -1.08. The van der Waals surface area contributed by atoms with Crippen molar-refractivity contribution in [2.24, 2.45) is 0 Å². The first-order valence-electron chi connectivity index (χ1n) is 6.51. The molecule has 120 valence electrons. The molecule has 1 N–H and O–H groups in total. The molecule has 21 heavy (non-hydrogen) atoms. The first-order valence-corrected chi connectivity index (χ1v) is 8.57. The molecule has 0 aromatic heterocycles. The fourth-order valence-corrected chi connectivity index (χ4v) is 2.89. The first-order chi connectivity index (χ1) is 9.41. The van der Waals surface area contributed by atoms with Crippen LogP contribution in [0.3, 0.4) is 0 Å². The zero-order valence-electron chi connectivity index (χ0n) is 12.5. The van der Waals surface area contributed by atoms with Crippen LogP contribution >= 0.6 is 0 Å². The third kappa shape index (κ3) is 5.67. The SMILES string of the molecule is C[C@H](NC(C)(C)CCS(C)(=O)=O)c1cc(F)c(F)c(F)c1. The third-order valence-electron chi connectivity index (χ3n) is 3.21. The van der Waals surface area contributed by atoms with Crippen molar-refractivity contribution in [3.63, 3.8) is 0 Å². The lowest BCUT2D eigenvalue weighted by Crippen LogP contribution is -2.42. The van der Waals surface area contributed by atoms with E-state index in [1.54, 1.807) is 20.8 Å². The molecule has 0 heterocycles. The average molecular weight is 323 g/mol. The Morgan fingerprint density at radius 2 is 1.67 bits per heavy atom. The number of rotatable bonds is 6. The molecule has 0 saturated carbocycles. The fraction of sp³-hybridized carbons (Fsp3) is 0.571. The fourth-order valence-electron chi connectivity index (χ4n) is 2.01. The molecule has 1 aromatic rings. The molecule has 7 heteroatoms. The van der Waals surface area contributed by atoms with Crippen LogP contribution in [0, 0.1) is 17.5 Å². The Kier molecular flexibility index (Phi) is 5.44. The summed E-state index contributed by atoms with van der Waals surface area (Å²) in [6.45, 7) is 5.27. The van der Waals surface area contributed by atoms with Crippen LogP contribution in [-0.4, -0.2) is 26.0 Å². The molecule has 0 amide bonds. The van der Waals surface area contributed by atoms with E-state index in [0.717, 1.165) is 18.4 Å². The van der Waals surface area contributed by atoms with Crippen LogP contribution in [0.2, 0.25) is 0 Å². The highest BCUT2D eigenvalue weighted by molar-refractivity contribution is 7.90. The van der Waals surface area contributed by atoms with E-state index in [2.05, 4.69) is 5.32 Å². The average Bonchev–Trinajstić information content (AvgIpc) is 2.31. The van der Waals surface area contributed by atoms with Gasteiger partial charge in [-0.25, -0.2) is 21.6 Å². The van der Waals surface area contributed by atoms with Gasteiger partial charge < -0.3 is 5.32 Å². The van der Waals surface area contributed by atoms with Crippen molar-refractivity contribution in [3.8, 4) is 0 Å². The Morgan fingerprint density at radius 1 is 1.19 bits per heavy atom. The Morgan fingerprint density at radius 3 is 2.10 bits per heavy atom. The molecule has 1 atom stereocenters. The summed E-state index contributed by atoms with van der Waals surface area (Å²) in [6, 6.07) is 1.41. The summed E-state index contributed by atoms with van der Waals surface area (Å²) >= 11 is 0. The van der Waals surface area contributed by atoms with Gasteiger partial charge in [-0.2, -0.15) is 0 Å². The molecule has 0 saturated heterocycles. The van der Waals surface area contributed by atoms with E-state index < -0.39 is 38.9 Å². The standard InChI is InChI=1S/C14H20F3NO2S/c1-9(10-7-11(15)13(17)12(16)8-10)18-14(2,3)5-6-21(4,19)20/h7-9,18H,5-6H2,1-4H3/t9-/m0/s1. The third-order valence-corrected chi connectivity index (χ3v) is 4.16. The molecule has 0 aliphatic heterocycles. The summed E-state index contributed by atoms with van der Waals surface area (Å²) in [7, 11) is -3.09. The predicted molar refractivity (Wildman–Crippen MR) is 76.3 cm³/mol. The second-order valence-electron chi connectivity index (χ2n) is 5.93. The number of sulfone groups is 1. The molecule has 0 spiro atoms. The summed E-state index contributed by atoms with van der Waals surface area (Å²) in [5.74, 6) is -3.98. The molecule has 0 aliphatic rings. The van der Waals surface area contributed by atoms with Crippen LogP contribution in [0.25, 0.3) is 0 Å². The number of benzene rings is 1. The quantitative estimate of drug-likeness (QED) is 0.819. The van der Waals surface area contributed by atoms with E-state index in [9.17, 15) is 21.6 Å². The zero-order chi connectivity index (χ0) is 16.4. The van der Waals surface area contributed by atoms with Crippen LogP contribution in [0.4, 0.5) is 13.2 Å². The monoisotopic (exact) mass is 323 g/mol. The molecule has 1 rings (SSSR count). The second kappa shape index (κ2) is 6.36. The Bertz CT molecular complexity index is 592.